The van der Waals surface area contributed by atoms with Crippen molar-refractivity contribution in [3.05, 3.63) is 41.7 Å². The van der Waals surface area contributed by atoms with E-state index in [4.69, 9.17) is 5.73 Å². The van der Waals surface area contributed by atoms with Gasteiger partial charge in [0, 0.05) is 40.2 Å². The van der Waals surface area contributed by atoms with Crippen LogP contribution in [0.15, 0.2) is 36.1 Å². The van der Waals surface area contributed by atoms with Crippen LogP contribution in [0.25, 0.3) is 21.3 Å². The third kappa shape index (κ3) is 2.32. The number of primary amides is 1. The molecular weight excluding hydrogens is 344 g/mol. The number of piperidine rings is 1. The Morgan fingerprint density at radius 1 is 1.15 bits per heavy atom. The molecule has 5 nitrogen and oxygen atoms in total. The van der Waals surface area contributed by atoms with E-state index in [1.807, 2.05) is 18.3 Å². The van der Waals surface area contributed by atoms with Gasteiger partial charge in [-0.3, -0.25) is 4.79 Å². The summed E-state index contributed by atoms with van der Waals surface area (Å²) in [4.78, 5) is 24.3. The van der Waals surface area contributed by atoms with Crippen LogP contribution in [0, 0.1) is 0 Å². The highest BCUT2D eigenvalue weighted by molar-refractivity contribution is 7.17. The molecule has 0 radical (unpaired) electrons. The summed E-state index contributed by atoms with van der Waals surface area (Å²) in [6, 6.07) is 6.91. The third-order valence-corrected chi connectivity index (χ3v) is 6.70. The predicted molar refractivity (Wildman–Crippen MR) is 105 cm³/mol. The fourth-order valence-electron chi connectivity index (χ4n) is 4.70. The van der Waals surface area contributed by atoms with Crippen LogP contribution in [0.1, 0.15) is 42.5 Å². The third-order valence-electron chi connectivity index (χ3n) is 5.80. The van der Waals surface area contributed by atoms with Crippen molar-refractivity contribution < 1.29 is 4.79 Å². The van der Waals surface area contributed by atoms with Gasteiger partial charge in [0.05, 0.1) is 11.3 Å². The molecule has 5 rings (SSSR count). The van der Waals surface area contributed by atoms with E-state index in [0.717, 1.165) is 27.0 Å². The standard InChI is InChI=1S/C20H20N4OS/c21-19(25)15-6-2-5-14(17-10-26-20-16(17)9-22-11-23-20)18(15)24-12-3-1-4-13(24)8-7-12/h2,5-6,9-13H,1,3-4,7-8H2,(H2,21,25). The van der Waals surface area contributed by atoms with Gasteiger partial charge in [0.2, 0.25) is 0 Å². The molecule has 2 bridgehead atoms. The number of nitrogens with zero attached hydrogens (tertiary/aromatic N) is 3. The van der Waals surface area contributed by atoms with Crippen molar-refractivity contribution in [1.82, 2.24) is 9.97 Å². The van der Waals surface area contributed by atoms with Crippen molar-refractivity contribution in [3.8, 4) is 11.1 Å². The van der Waals surface area contributed by atoms with Gasteiger partial charge in [-0.15, -0.1) is 11.3 Å². The van der Waals surface area contributed by atoms with E-state index in [1.54, 1.807) is 17.7 Å². The zero-order valence-electron chi connectivity index (χ0n) is 14.4. The SMILES string of the molecule is NC(=O)c1cccc(-c2csc3ncncc23)c1N1C2CCCC1CC2. The molecule has 0 saturated carbocycles. The van der Waals surface area contributed by atoms with Gasteiger partial charge in [-0.2, -0.15) is 0 Å². The van der Waals surface area contributed by atoms with Gasteiger partial charge in [-0.05, 0) is 38.2 Å². The number of rotatable bonds is 3. The Kier molecular flexibility index (Phi) is 3.67. The minimum absolute atomic E-state index is 0.359. The summed E-state index contributed by atoms with van der Waals surface area (Å²) in [6.07, 6.45) is 9.49. The van der Waals surface area contributed by atoms with Crippen molar-refractivity contribution in [2.24, 2.45) is 5.73 Å². The molecule has 2 unspecified atom stereocenters. The number of hydrogen-bond acceptors (Lipinski definition) is 5. The maximum atomic E-state index is 12.3. The van der Waals surface area contributed by atoms with Crippen molar-refractivity contribution in [2.45, 2.75) is 44.2 Å². The zero-order chi connectivity index (χ0) is 17.7. The molecule has 4 heterocycles. The maximum Gasteiger partial charge on any atom is 0.250 e. The number of benzene rings is 1. The number of anilines is 1. The van der Waals surface area contributed by atoms with Crippen LogP contribution in [-0.4, -0.2) is 28.0 Å². The lowest BCUT2D eigenvalue weighted by Crippen LogP contribution is -2.41. The second kappa shape index (κ2) is 6.06. The number of para-hydroxylation sites is 1. The first kappa shape index (κ1) is 15.8. The number of fused-ring (bicyclic) bond motifs is 3. The monoisotopic (exact) mass is 364 g/mol. The molecule has 1 aromatic carbocycles. The zero-order valence-corrected chi connectivity index (χ0v) is 15.2. The molecule has 2 aliphatic heterocycles. The molecule has 1 amide bonds. The van der Waals surface area contributed by atoms with Gasteiger partial charge >= 0.3 is 0 Å². The van der Waals surface area contributed by atoms with E-state index in [0.29, 0.717) is 17.6 Å². The van der Waals surface area contributed by atoms with Gasteiger partial charge in [-0.1, -0.05) is 12.1 Å². The van der Waals surface area contributed by atoms with E-state index in [1.165, 1.54) is 32.1 Å². The summed E-state index contributed by atoms with van der Waals surface area (Å²) in [6.45, 7) is 0. The molecule has 2 N–H and O–H groups in total. The lowest BCUT2D eigenvalue weighted by Gasteiger charge is -2.39. The number of aromatic nitrogens is 2. The van der Waals surface area contributed by atoms with Crippen LogP contribution in [0.5, 0.6) is 0 Å². The van der Waals surface area contributed by atoms with E-state index in [-0.39, 0.29) is 5.91 Å². The van der Waals surface area contributed by atoms with Gasteiger partial charge in [0.15, 0.2) is 0 Å². The Labute approximate surface area is 155 Å². The Bertz CT molecular complexity index is 982. The number of hydrogen-bond donors (Lipinski definition) is 1. The number of carbonyl (C=O) groups is 1. The Hall–Kier alpha value is -2.47. The second-order valence-electron chi connectivity index (χ2n) is 7.18. The number of thiophene rings is 1. The largest absolute Gasteiger partial charge is 0.366 e. The van der Waals surface area contributed by atoms with Crippen molar-refractivity contribution in [1.29, 1.82) is 0 Å². The number of amides is 1. The van der Waals surface area contributed by atoms with Crippen LogP contribution in [-0.2, 0) is 0 Å². The van der Waals surface area contributed by atoms with Gasteiger partial charge in [0.1, 0.15) is 11.2 Å². The van der Waals surface area contributed by atoms with E-state index in [2.05, 4.69) is 26.3 Å². The van der Waals surface area contributed by atoms with Crippen LogP contribution in [0.3, 0.4) is 0 Å². The predicted octanol–water partition coefficient (Wildman–Crippen LogP) is 3.98. The normalized spacial score (nSPS) is 22.1. The highest BCUT2D eigenvalue weighted by Gasteiger charge is 2.39. The van der Waals surface area contributed by atoms with Crippen molar-refractivity contribution in [2.75, 3.05) is 4.90 Å². The average molecular weight is 364 g/mol. The summed E-state index contributed by atoms with van der Waals surface area (Å²) in [5.74, 6) is -0.359. The summed E-state index contributed by atoms with van der Waals surface area (Å²) in [7, 11) is 0. The minimum atomic E-state index is -0.359. The second-order valence-corrected chi connectivity index (χ2v) is 8.04. The molecular formula is C20H20N4OS. The average Bonchev–Trinajstić information content (AvgIpc) is 3.18. The lowest BCUT2D eigenvalue weighted by atomic mass is 9.94. The van der Waals surface area contributed by atoms with Crippen LogP contribution < -0.4 is 10.6 Å². The molecule has 2 aromatic heterocycles. The first-order valence-corrected chi connectivity index (χ1v) is 10.0. The number of nitrogens with two attached hydrogens (primary N) is 1. The molecule has 0 spiro atoms. The molecule has 3 aromatic rings. The number of carbonyl (C=O) groups excluding carboxylic acids is 1. The highest BCUT2D eigenvalue weighted by atomic mass is 32.1. The molecule has 6 heteroatoms. The van der Waals surface area contributed by atoms with E-state index < -0.39 is 0 Å². The maximum absolute atomic E-state index is 12.3. The first-order chi connectivity index (χ1) is 12.7. The van der Waals surface area contributed by atoms with Crippen molar-refractivity contribution >= 4 is 33.1 Å². The Morgan fingerprint density at radius 3 is 2.73 bits per heavy atom. The van der Waals surface area contributed by atoms with Crippen LogP contribution in [0.2, 0.25) is 0 Å². The van der Waals surface area contributed by atoms with Gasteiger partial charge in [0.25, 0.3) is 5.91 Å². The smallest absolute Gasteiger partial charge is 0.250 e. The van der Waals surface area contributed by atoms with Crippen LogP contribution >= 0.6 is 11.3 Å². The molecule has 2 fully saturated rings. The molecule has 0 aliphatic carbocycles. The summed E-state index contributed by atoms with van der Waals surface area (Å²) in [5.41, 5.74) is 9.57. The molecule has 2 aliphatic rings. The van der Waals surface area contributed by atoms with Gasteiger partial charge in [-0.25, -0.2) is 9.97 Å². The lowest BCUT2D eigenvalue weighted by molar-refractivity contribution is 0.100. The summed E-state index contributed by atoms with van der Waals surface area (Å²) < 4.78 is 0. The van der Waals surface area contributed by atoms with E-state index >= 15 is 0 Å². The fourth-order valence-corrected chi connectivity index (χ4v) is 5.58. The summed E-state index contributed by atoms with van der Waals surface area (Å²) >= 11 is 1.61. The minimum Gasteiger partial charge on any atom is -0.366 e. The summed E-state index contributed by atoms with van der Waals surface area (Å²) in [5, 5.41) is 3.15. The Balaban J connectivity index is 1.76. The Morgan fingerprint density at radius 2 is 1.96 bits per heavy atom. The van der Waals surface area contributed by atoms with Crippen molar-refractivity contribution in [3.63, 3.8) is 0 Å². The first-order valence-electron chi connectivity index (χ1n) is 9.13. The highest BCUT2D eigenvalue weighted by Crippen LogP contribution is 2.46. The van der Waals surface area contributed by atoms with Gasteiger partial charge < -0.3 is 10.6 Å². The topological polar surface area (TPSA) is 72.1 Å². The molecule has 132 valence electrons. The molecule has 2 atom stereocenters. The fraction of sp³-hybridized carbons (Fsp3) is 0.350. The molecule has 2 saturated heterocycles. The van der Waals surface area contributed by atoms with E-state index in [9.17, 15) is 4.79 Å². The van der Waals surface area contributed by atoms with Crippen LogP contribution in [0.4, 0.5) is 5.69 Å². The molecule has 26 heavy (non-hydrogen) atoms. The quantitative estimate of drug-likeness (QED) is 0.763.